The number of hydrogen-bond donors (Lipinski definition) is 0. The normalized spacial score (nSPS) is 17.9. The molecule has 1 amide bonds. The number of likely N-dealkylation sites (tertiary alicyclic amines) is 1. The number of carbonyl (C=O) groups excluding carboxylic acids is 1. The van der Waals surface area contributed by atoms with E-state index >= 15 is 0 Å². The van der Waals surface area contributed by atoms with Gasteiger partial charge in [-0.25, -0.2) is 4.98 Å². The van der Waals surface area contributed by atoms with E-state index in [0.717, 1.165) is 25.9 Å². The van der Waals surface area contributed by atoms with Crippen molar-refractivity contribution < 1.29 is 4.79 Å². The van der Waals surface area contributed by atoms with Crippen LogP contribution in [0, 0.1) is 0 Å². The van der Waals surface area contributed by atoms with Gasteiger partial charge >= 0.3 is 0 Å². The molecule has 1 aromatic carbocycles. The van der Waals surface area contributed by atoms with Crippen molar-refractivity contribution in [3.63, 3.8) is 0 Å². The van der Waals surface area contributed by atoms with Crippen LogP contribution in [-0.2, 0) is 17.9 Å². The van der Waals surface area contributed by atoms with Gasteiger partial charge in [-0.05, 0) is 44.5 Å². The van der Waals surface area contributed by atoms with Crippen molar-refractivity contribution >= 4 is 5.91 Å². The summed E-state index contributed by atoms with van der Waals surface area (Å²) in [5.41, 5.74) is 2.55. The van der Waals surface area contributed by atoms with E-state index in [1.807, 2.05) is 0 Å². The monoisotopic (exact) mass is 341 g/mol. The average molecular weight is 341 g/mol. The zero-order valence-electron chi connectivity index (χ0n) is 15.1. The van der Waals surface area contributed by atoms with Gasteiger partial charge in [0.2, 0.25) is 5.91 Å². The summed E-state index contributed by atoms with van der Waals surface area (Å²) in [6, 6.07) is 8.94. The van der Waals surface area contributed by atoms with E-state index in [1.165, 1.54) is 23.9 Å². The highest BCUT2D eigenvalue weighted by atomic mass is 16.2. The Balaban J connectivity index is 1.66. The molecule has 0 spiro atoms. The topological polar surface area (TPSA) is 54.3 Å². The molecule has 2 aromatic rings. The van der Waals surface area contributed by atoms with Crippen molar-refractivity contribution in [3.05, 3.63) is 48.0 Å². The van der Waals surface area contributed by atoms with Gasteiger partial charge in [-0.1, -0.05) is 24.3 Å². The molecule has 134 valence electrons. The first-order valence-electron chi connectivity index (χ1n) is 8.99. The summed E-state index contributed by atoms with van der Waals surface area (Å²) < 4.78 is 1.72. The first-order chi connectivity index (χ1) is 12.1. The number of amides is 1. The molecule has 0 unspecified atom stereocenters. The molecule has 1 aliphatic heterocycles. The fourth-order valence-corrected chi connectivity index (χ4v) is 3.49. The van der Waals surface area contributed by atoms with Gasteiger partial charge in [-0.3, -0.25) is 9.48 Å². The average Bonchev–Trinajstić information content (AvgIpc) is 3.13. The summed E-state index contributed by atoms with van der Waals surface area (Å²) in [6.45, 7) is 2.37. The van der Waals surface area contributed by atoms with Crippen LogP contribution in [0.25, 0.3) is 0 Å². The Morgan fingerprint density at radius 2 is 2.04 bits per heavy atom. The highest BCUT2D eigenvalue weighted by molar-refractivity contribution is 5.76. The minimum atomic E-state index is 0.199. The number of piperidine rings is 1. The Morgan fingerprint density at radius 1 is 1.24 bits per heavy atom. The van der Waals surface area contributed by atoms with Crippen LogP contribution in [0.5, 0.6) is 0 Å². The molecule has 1 atom stereocenters. The zero-order valence-corrected chi connectivity index (χ0v) is 15.1. The van der Waals surface area contributed by atoms with Crippen LogP contribution in [0.4, 0.5) is 0 Å². The van der Waals surface area contributed by atoms with E-state index in [0.29, 0.717) is 13.0 Å². The van der Waals surface area contributed by atoms with E-state index in [2.05, 4.69) is 58.2 Å². The Hall–Kier alpha value is -2.21. The molecule has 25 heavy (non-hydrogen) atoms. The molecular weight excluding hydrogens is 314 g/mol. The van der Waals surface area contributed by atoms with Gasteiger partial charge in [0.1, 0.15) is 12.7 Å². The Labute approximate surface area is 149 Å². The maximum atomic E-state index is 12.7. The molecule has 0 saturated carbocycles. The number of aryl methyl sites for hydroxylation is 1. The second kappa shape index (κ2) is 8.25. The smallest absolute Gasteiger partial charge is 0.224 e. The fourth-order valence-electron chi connectivity index (χ4n) is 3.49. The highest BCUT2D eigenvalue weighted by Crippen LogP contribution is 2.31. The molecule has 6 heteroatoms. The van der Waals surface area contributed by atoms with Crippen molar-refractivity contribution in [1.29, 1.82) is 0 Å². The second-order valence-corrected chi connectivity index (χ2v) is 6.99. The van der Waals surface area contributed by atoms with E-state index in [1.54, 1.807) is 11.0 Å². The van der Waals surface area contributed by atoms with E-state index in [4.69, 9.17) is 0 Å². The van der Waals surface area contributed by atoms with Crippen molar-refractivity contribution in [2.45, 2.75) is 44.8 Å². The van der Waals surface area contributed by atoms with Gasteiger partial charge in [0.25, 0.3) is 0 Å². The van der Waals surface area contributed by atoms with Crippen molar-refractivity contribution in [2.75, 3.05) is 20.6 Å². The van der Waals surface area contributed by atoms with Gasteiger partial charge in [-0.2, -0.15) is 5.10 Å². The molecule has 0 aliphatic carbocycles. The van der Waals surface area contributed by atoms with Gasteiger partial charge in [-0.15, -0.1) is 0 Å². The van der Waals surface area contributed by atoms with E-state index in [9.17, 15) is 4.79 Å². The first kappa shape index (κ1) is 17.6. The summed E-state index contributed by atoms with van der Waals surface area (Å²) in [5.74, 6) is 0.206. The van der Waals surface area contributed by atoms with Crippen LogP contribution < -0.4 is 0 Å². The van der Waals surface area contributed by atoms with Crippen LogP contribution in [0.3, 0.4) is 0 Å². The SMILES string of the molecule is CN(C)Cc1ccc([C@@H]2CCCCN2C(=O)CCn2cncn2)cc1. The summed E-state index contributed by atoms with van der Waals surface area (Å²) in [5, 5.41) is 4.07. The van der Waals surface area contributed by atoms with Crippen molar-refractivity contribution in [2.24, 2.45) is 0 Å². The molecule has 1 aromatic heterocycles. The van der Waals surface area contributed by atoms with Crippen molar-refractivity contribution in [1.82, 2.24) is 24.6 Å². The predicted octanol–water partition coefficient (Wildman–Crippen LogP) is 2.48. The van der Waals surface area contributed by atoms with Crippen LogP contribution in [0.2, 0.25) is 0 Å². The first-order valence-corrected chi connectivity index (χ1v) is 8.99. The molecule has 0 bridgehead atoms. The predicted molar refractivity (Wildman–Crippen MR) is 96.8 cm³/mol. The molecule has 1 aliphatic rings. The largest absolute Gasteiger partial charge is 0.336 e. The van der Waals surface area contributed by atoms with Gasteiger partial charge in [0.15, 0.2) is 0 Å². The number of nitrogens with zero attached hydrogens (tertiary/aromatic N) is 5. The molecule has 3 rings (SSSR count). The van der Waals surface area contributed by atoms with Crippen LogP contribution in [0.15, 0.2) is 36.9 Å². The third kappa shape index (κ3) is 4.66. The lowest BCUT2D eigenvalue weighted by molar-refractivity contribution is -0.135. The Bertz CT molecular complexity index is 666. The quantitative estimate of drug-likeness (QED) is 0.810. The van der Waals surface area contributed by atoms with Gasteiger partial charge in [0.05, 0.1) is 12.6 Å². The third-order valence-electron chi connectivity index (χ3n) is 4.71. The maximum Gasteiger partial charge on any atom is 0.224 e. The van der Waals surface area contributed by atoms with Gasteiger partial charge in [0, 0.05) is 19.5 Å². The van der Waals surface area contributed by atoms with Crippen LogP contribution in [-0.4, -0.2) is 51.1 Å². The minimum absolute atomic E-state index is 0.199. The molecule has 6 nitrogen and oxygen atoms in total. The van der Waals surface area contributed by atoms with Crippen molar-refractivity contribution in [3.8, 4) is 0 Å². The van der Waals surface area contributed by atoms with E-state index in [-0.39, 0.29) is 11.9 Å². The maximum absolute atomic E-state index is 12.7. The number of hydrogen-bond acceptors (Lipinski definition) is 4. The lowest BCUT2D eigenvalue weighted by atomic mass is 9.94. The summed E-state index contributed by atoms with van der Waals surface area (Å²) >= 11 is 0. The van der Waals surface area contributed by atoms with Crippen LogP contribution >= 0.6 is 0 Å². The third-order valence-corrected chi connectivity index (χ3v) is 4.71. The Morgan fingerprint density at radius 3 is 2.72 bits per heavy atom. The molecule has 1 saturated heterocycles. The highest BCUT2D eigenvalue weighted by Gasteiger charge is 2.27. The summed E-state index contributed by atoms with van der Waals surface area (Å²) in [4.78, 5) is 20.9. The second-order valence-electron chi connectivity index (χ2n) is 6.99. The molecule has 0 N–H and O–H groups in total. The van der Waals surface area contributed by atoms with E-state index < -0.39 is 0 Å². The Kier molecular flexibility index (Phi) is 5.81. The zero-order chi connectivity index (χ0) is 17.6. The minimum Gasteiger partial charge on any atom is -0.336 e. The fraction of sp³-hybridized carbons (Fsp3) is 0.526. The van der Waals surface area contributed by atoms with Crippen LogP contribution in [0.1, 0.15) is 42.9 Å². The number of carbonyl (C=O) groups is 1. The molecule has 1 fully saturated rings. The molecule has 0 radical (unpaired) electrons. The van der Waals surface area contributed by atoms with Gasteiger partial charge < -0.3 is 9.80 Å². The summed E-state index contributed by atoms with van der Waals surface area (Å²) in [6.07, 6.45) is 6.94. The molecule has 2 heterocycles. The molecular formula is C19H27N5O. The lowest BCUT2D eigenvalue weighted by Gasteiger charge is -2.36. The standard InChI is InChI=1S/C19H27N5O/c1-22(2)13-16-6-8-17(9-7-16)18-5-3-4-11-24(18)19(25)10-12-23-15-20-14-21-23/h6-9,14-15,18H,3-5,10-13H2,1-2H3/t18-/m0/s1. The number of aromatic nitrogens is 3. The lowest BCUT2D eigenvalue weighted by Crippen LogP contribution is -2.38. The number of benzene rings is 1. The number of rotatable bonds is 6. The summed E-state index contributed by atoms with van der Waals surface area (Å²) in [7, 11) is 4.15.